The van der Waals surface area contributed by atoms with E-state index in [1.54, 1.807) is 4.90 Å². The Morgan fingerprint density at radius 2 is 1.68 bits per heavy atom. The van der Waals surface area contributed by atoms with Crippen molar-refractivity contribution in [3.8, 4) is 0 Å². The smallest absolute Gasteiger partial charge is 0.242 e. The van der Waals surface area contributed by atoms with Crippen LogP contribution in [-0.4, -0.2) is 45.3 Å². The van der Waals surface area contributed by atoms with Crippen LogP contribution in [0.15, 0.2) is 72.9 Å². The van der Waals surface area contributed by atoms with E-state index in [0.29, 0.717) is 19.6 Å². The number of rotatable bonds is 10. The molecule has 38 heavy (non-hydrogen) atoms. The van der Waals surface area contributed by atoms with Gasteiger partial charge in [-0.15, -0.1) is 0 Å². The quantitative estimate of drug-likeness (QED) is 0.299. The molecule has 0 saturated heterocycles. The first kappa shape index (κ1) is 26.6. The molecular weight excluding hydrogens is 494 g/mol. The largest absolute Gasteiger partial charge is 0.345 e. The van der Waals surface area contributed by atoms with E-state index in [1.807, 2.05) is 55.5 Å². The third-order valence-electron chi connectivity index (χ3n) is 8.25. The van der Waals surface area contributed by atoms with Gasteiger partial charge in [-0.2, -0.15) is 0 Å². The molecule has 0 radical (unpaired) electrons. The van der Waals surface area contributed by atoms with E-state index < -0.39 is 0 Å². The number of nitrogens with zero attached hydrogens (tertiary/aromatic N) is 3. The fourth-order valence-corrected chi connectivity index (χ4v) is 6.11. The van der Waals surface area contributed by atoms with Crippen molar-refractivity contribution in [3.63, 3.8) is 0 Å². The van der Waals surface area contributed by atoms with Gasteiger partial charge in [-0.3, -0.25) is 9.59 Å². The summed E-state index contributed by atoms with van der Waals surface area (Å²) < 4.78 is 2.18. The van der Waals surface area contributed by atoms with Gasteiger partial charge in [-0.1, -0.05) is 79.4 Å². The van der Waals surface area contributed by atoms with Gasteiger partial charge in [0.15, 0.2) is 0 Å². The lowest BCUT2D eigenvalue weighted by Crippen LogP contribution is -2.48. The van der Waals surface area contributed by atoms with Crippen LogP contribution < -0.4 is 0 Å². The highest BCUT2D eigenvalue weighted by Crippen LogP contribution is 2.48. The van der Waals surface area contributed by atoms with E-state index >= 15 is 0 Å². The predicted octanol–water partition coefficient (Wildman–Crippen LogP) is 6.50. The van der Waals surface area contributed by atoms with Crippen LogP contribution >= 0.6 is 11.6 Å². The second-order valence-electron chi connectivity index (χ2n) is 10.7. The number of benzene rings is 2. The summed E-state index contributed by atoms with van der Waals surface area (Å²) in [4.78, 5) is 31.1. The van der Waals surface area contributed by atoms with Crippen molar-refractivity contribution in [1.29, 1.82) is 0 Å². The zero-order valence-electron chi connectivity index (χ0n) is 22.3. The topological polar surface area (TPSA) is 45.6 Å². The Hall–Kier alpha value is -3.05. The SMILES string of the molecule is CCN(CC(=O)N(Cc1cccn1Cc1ccccc1Cl)C1CCCCC1)C(=O)C1CC1c1ccccc1. The third-order valence-corrected chi connectivity index (χ3v) is 8.61. The summed E-state index contributed by atoms with van der Waals surface area (Å²) in [5, 5.41) is 0.748. The highest BCUT2D eigenvalue weighted by atomic mass is 35.5. The van der Waals surface area contributed by atoms with Crippen molar-refractivity contribution >= 4 is 23.4 Å². The normalized spacial score (nSPS) is 19.2. The molecule has 0 aliphatic heterocycles. The highest BCUT2D eigenvalue weighted by Gasteiger charge is 2.46. The van der Waals surface area contributed by atoms with E-state index in [9.17, 15) is 9.59 Å². The number of hydrogen-bond acceptors (Lipinski definition) is 2. The Morgan fingerprint density at radius 1 is 0.947 bits per heavy atom. The van der Waals surface area contributed by atoms with Gasteiger partial charge >= 0.3 is 0 Å². The summed E-state index contributed by atoms with van der Waals surface area (Å²) in [6.07, 6.45) is 8.49. The number of hydrogen-bond donors (Lipinski definition) is 0. The van der Waals surface area contributed by atoms with Crippen molar-refractivity contribution in [3.05, 3.63) is 94.8 Å². The molecule has 200 valence electrons. The van der Waals surface area contributed by atoms with Crippen LogP contribution in [0.3, 0.4) is 0 Å². The minimum atomic E-state index is -0.0128. The maximum Gasteiger partial charge on any atom is 0.242 e. The molecule has 2 aromatic carbocycles. The molecule has 1 aromatic heterocycles. The number of carbonyl (C=O) groups excluding carboxylic acids is 2. The van der Waals surface area contributed by atoms with Crippen molar-refractivity contribution in [2.45, 2.75) is 70.5 Å². The van der Waals surface area contributed by atoms with Crippen molar-refractivity contribution in [1.82, 2.24) is 14.4 Å². The maximum atomic E-state index is 13.9. The lowest BCUT2D eigenvalue weighted by atomic mass is 9.94. The van der Waals surface area contributed by atoms with E-state index in [2.05, 4.69) is 33.9 Å². The summed E-state index contributed by atoms with van der Waals surface area (Å²) in [5.74, 6) is 0.423. The second kappa shape index (κ2) is 12.2. The van der Waals surface area contributed by atoms with E-state index in [1.165, 1.54) is 12.0 Å². The molecule has 5 rings (SSSR count). The molecule has 0 bridgehead atoms. The van der Waals surface area contributed by atoms with Crippen LogP contribution in [0.4, 0.5) is 0 Å². The Morgan fingerprint density at radius 3 is 2.42 bits per heavy atom. The fourth-order valence-electron chi connectivity index (χ4n) is 5.92. The molecule has 2 saturated carbocycles. The Kier molecular flexibility index (Phi) is 8.53. The van der Waals surface area contributed by atoms with Gasteiger partial charge in [0.25, 0.3) is 0 Å². The Bertz CT molecular complexity index is 1230. The lowest BCUT2D eigenvalue weighted by molar-refractivity contribution is -0.143. The van der Waals surface area contributed by atoms with E-state index in [-0.39, 0.29) is 36.2 Å². The molecule has 0 spiro atoms. The summed E-state index contributed by atoms with van der Waals surface area (Å²) in [6, 6.07) is 22.5. The summed E-state index contributed by atoms with van der Waals surface area (Å²) in [7, 11) is 0. The molecule has 2 aliphatic rings. The first-order valence-electron chi connectivity index (χ1n) is 14.1. The Labute approximate surface area is 231 Å². The average Bonchev–Trinajstić information content (AvgIpc) is 3.64. The summed E-state index contributed by atoms with van der Waals surface area (Å²) in [5.41, 5.74) is 3.36. The summed E-state index contributed by atoms with van der Waals surface area (Å²) >= 11 is 6.44. The van der Waals surface area contributed by atoms with E-state index in [4.69, 9.17) is 11.6 Å². The van der Waals surface area contributed by atoms with Crippen LogP contribution in [-0.2, 0) is 22.7 Å². The molecule has 2 aliphatic carbocycles. The standard InChI is InChI=1S/C32H38ClN3O2/c1-2-34(32(38)29-20-28(29)24-12-5-3-6-13-24)23-31(37)36(26-15-7-4-8-16-26)22-27-17-11-19-35(27)21-25-14-9-10-18-30(25)33/h3,5-6,9-14,17-19,26,28-29H,2,4,7-8,15-16,20-23H2,1H3. The van der Waals surface area contributed by atoms with Gasteiger partial charge in [-0.25, -0.2) is 0 Å². The number of halogens is 1. The van der Waals surface area contributed by atoms with Gasteiger partial charge in [0.2, 0.25) is 11.8 Å². The molecule has 0 N–H and O–H groups in total. The first-order chi connectivity index (χ1) is 18.5. The molecule has 2 atom stereocenters. The van der Waals surface area contributed by atoms with Gasteiger partial charge in [0, 0.05) is 42.0 Å². The average molecular weight is 532 g/mol. The highest BCUT2D eigenvalue weighted by molar-refractivity contribution is 6.31. The van der Waals surface area contributed by atoms with E-state index in [0.717, 1.165) is 48.4 Å². The second-order valence-corrected chi connectivity index (χ2v) is 11.2. The van der Waals surface area contributed by atoms with Crippen molar-refractivity contribution < 1.29 is 9.59 Å². The maximum absolute atomic E-state index is 13.9. The van der Waals surface area contributed by atoms with Crippen molar-refractivity contribution in [2.24, 2.45) is 5.92 Å². The number of aromatic nitrogens is 1. The molecule has 3 aromatic rings. The van der Waals surface area contributed by atoms with Crippen molar-refractivity contribution in [2.75, 3.05) is 13.1 Å². The molecule has 6 heteroatoms. The molecular formula is C32H38ClN3O2. The van der Waals surface area contributed by atoms with Gasteiger partial charge in [-0.05, 0) is 61.4 Å². The number of likely N-dealkylation sites (N-methyl/N-ethyl adjacent to an activating group) is 1. The van der Waals surface area contributed by atoms with Gasteiger partial charge < -0.3 is 14.4 Å². The zero-order valence-corrected chi connectivity index (χ0v) is 23.0. The minimum Gasteiger partial charge on any atom is -0.345 e. The van der Waals surface area contributed by atoms with Crippen LogP contribution in [0.2, 0.25) is 5.02 Å². The van der Waals surface area contributed by atoms with Crippen LogP contribution in [0, 0.1) is 5.92 Å². The van der Waals surface area contributed by atoms with Crippen LogP contribution in [0.5, 0.6) is 0 Å². The van der Waals surface area contributed by atoms with Crippen LogP contribution in [0.1, 0.15) is 68.2 Å². The summed E-state index contributed by atoms with van der Waals surface area (Å²) in [6.45, 7) is 3.88. The molecule has 1 heterocycles. The third kappa shape index (κ3) is 6.15. The van der Waals surface area contributed by atoms with Gasteiger partial charge in [0.1, 0.15) is 0 Å². The molecule has 2 unspecified atom stereocenters. The molecule has 5 nitrogen and oxygen atoms in total. The van der Waals surface area contributed by atoms with Crippen LogP contribution in [0.25, 0.3) is 0 Å². The Balaban J connectivity index is 1.29. The number of carbonyl (C=O) groups is 2. The first-order valence-corrected chi connectivity index (χ1v) is 14.4. The lowest BCUT2D eigenvalue weighted by Gasteiger charge is -2.36. The number of amides is 2. The zero-order chi connectivity index (χ0) is 26.5. The monoisotopic (exact) mass is 531 g/mol. The molecule has 2 amide bonds. The minimum absolute atomic E-state index is 0.0128. The molecule has 2 fully saturated rings. The predicted molar refractivity (Wildman–Crippen MR) is 152 cm³/mol. The van der Waals surface area contributed by atoms with Gasteiger partial charge in [0.05, 0.1) is 13.1 Å². The fraction of sp³-hybridized carbons (Fsp3) is 0.438.